The summed E-state index contributed by atoms with van der Waals surface area (Å²) in [4.78, 5) is 5.27. The topological polar surface area (TPSA) is 12.9 Å². The van der Waals surface area contributed by atoms with E-state index in [1.807, 2.05) is 0 Å². The summed E-state index contributed by atoms with van der Waals surface area (Å²) in [5.41, 5.74) is 8.22. The minimum Gasteiger partial charge on any atom is -0.247 e. The minimum absolute atomic E-state index is 0.991. The average molecular weight is 558 g/mol. The molecule has 0 radical (unpaired) electrons. The Hall–Kier alpha value is -5.79. The zero-order valence-electron chi connectivity index (χ0n) is 24.0. The van der Waals surface area contributed by atoms with Crippen molar-refractivity contribution in [1.82, 2.24) is 4.98 Å². The summed E-state index contributed by atoms with van der Waals surface area (Å²) in [7, 11) is 0. The zero-order chi connectivity index (χ0) is 29.0. The van der Waals surface area contributed by atoms with Gasteiger partial charge in [-0.05, 0) is 66.0 Å². The highest BCUT2D eigenvalue weighted by molar-refractivity contribution is 6.24. The van der Waals surface area contributed by atoms with E-state index < -0.39 is 0 Å². The Labute approximate surface area is 255 Å². The van der Waals surface area contributed by atoms with Gasteiger partial charge < -0.3 is 0 Å². The zero-order valence-corrected chi connectivity index (χ0v) is 24.0. The number of rotatable bonds is 3. The second-order valence-electron chi connectivity index (χ2n) is 11.5. The largest absolute Gasteiger partial charge is 0.247 e. The summed E-state index contributed by atoms with van der Waals surface area (Å²) >= 11 is 0. The molecule has 0 saturated heterocycles. The van der Waals surface area contributed by atoms with Gasteiger partial charge in [0.25, 0.3) is 0 Å². The Kier molecular flexibility index (Phi) is 5.57. The van der Waals surface area contributed by atoms with Gasteiger partial charge in [0, 0.05) is 16.3 Å². The lowest BCUT2D eigenvalue weighted by Crippen LogP contribution is -1.92. The van der Waals surface area contributed by atoms with Gasteiger partial charge in [-0.2, -0.15) is 0 Å². The van der Waals surface area contributed by atoms with Crippen molar-refractivity contribution >= 4 is 54.0 Å². The molecule has 0 unspecified atom stereocenters. The molecule has 9 aromatic rings. The van der Waals surface area contributed by atoms with E-state index in [0.29, 0.717) is 0 Å². The van der Waals surface area contributed by atoms with Gasteiger partial charge in [0.2, 0.25) is 0 Å². The standard InChI is InChI=1S/C43H27N/c1-2-13-29(14-3-1)41-36-16-6-8-18-38(36)42(39-19-9-7-17-37(39)41)35-23-11-20-32-33(35)21-10-22-34(32)40-27-26-30-25-24-28-12-4-5-15-31(28)43(30)44-40/h1-27H. The number of benzene rings is 8. The van der Waals surface area contributed by atoms with Gasteiger partial charge in [0.15, 0.2) is 0 Å². The maximum absolute atomic E-state index is 5.27. The second kappa shape index (κ2) is 9.90. The van der Waals surface area contributed by atoms with E-state index in [9.17, 15) is 0 Å². The van der Waals surface area contributed by atoms with Crippen LogP contribution in [0.4, 0.5) is 0 Å². The van der Waals surface area contributed by atoms with E-state index in [-0.39, 0.29) is 0 Å². The molecule has 1 heterocycles. The van der Waals surface area contributed by atoms with Crippen molar-refractivity contribution in [2.75, 3.05) is 0 Å². The number of hydrogen-bond acceptors (Lipinski definition) is 1. The Bertz CT molecular complexity index is 2490. The smallest absolute Gasteiger partial charge is 0.0787 e. The van der Waals surface area contributed by atoms with E-state index in [0.717, 1.165) is 22.2 Å². The molecular weight excluding hydrogens is 530 g/mol. The summed E-state index contributed by atoms with van der Waals surface area (Å²) < 4.78 is 0. The van der Waals surface area contributed by atoms with Crippen molar-refractivity contribution in [3.8, 4) is 33.5 Å². The number of nitrogens with zero attached hydrogens (tertiary/aromatic N) is 1. The molecule has 1 aromatic heterocycles. The molecule has 0 aliphatic heterocycles. The van der Waals surface area contributed by atoms with Crippen LogP contribution in [0.15, 0.2) is 164 Å². The first-order valence-electron chi connectivity index (χ1n) is 15.1. The maximum Gasteiger partial charge on any atom is 0.0787 e. The molecule has 44 heavy (non-hydrogen) atoms. The molecule has 0 N–H and O–H groups in total. The lowest BCUT2D eigenvalue weighted by molar-refractivity contribution is 1.42. The van der Waals surface area contributed by atoms with E-state index >= 15 is 0 Å². The lowest BCUT2D eigenvalue weighted by Gasteiger charge is -2.19. The van der Waals surface area contributed by atoms with Crippen molar-refractivity contribution in [2.24, 2.45) is 0 Å². The average Bonchev–Trinajstić information content (AvgIpc) is 3.10. The molecular formula is C43H27N. The van der Waals surface area contributed by atoms with Crippen molar-refractivity contribution in [2.45, 2.75) is 0 Å². The number of fused-ring (bicyclic) bond motifs is 6. The fraction of sp³-hybridized carbons (Fsp3) is 0. The fourth-order valence-electron chi connectivity index (χ4n) is 7.09. The Morgan fingerprint density at radius 1 is 0.295 bits per heavy atom. The van der Waals surface area contributed by atoms with Crippen LogP contribution in [0, 0.1) is 0 Å². The number of pyridine rings is 1. The number of aromatic nitrogens is 1. The van der Waals surface area contributed by atoms with E-state index in [1.54, 1.807) is 0 Å². The summed E-state index contributed by atoms with van der Waals surface area (Å²) in [6.45, 7) is 0. The monoisotopic (exact) mass is 557 g/mol. The van der Waals surface area contributed by atoms with Crippen LogP contribution in [0.25, 0.3) is 87.5 Å². The third kappa shape index (κ3) is 3.76. The normalized spacial score (nSPS) is 11.6. The van der Waals surface area contributed by atoms with Crippen LogP contribution in [0.3, 0.4) is 0 Å². The van der Waals surface area contributed by atoms with Gasteiger partial charge in [-0.25, -0.2) is 4.98 Å². The van der Waals surface area contributed by atoms with Crippen LogP contribution >= 0.6 is 0 Å². The van der Waals surface area contributed by atoms with Crippen LogP contribution in [-0.2, 0) is 0 Å². The lowest BCUT2D eigenvalue weighted by atomic mass is 9.84. The van der Waals surface area contributed by atoms with Gasteiger partial charge >= 0.3 is 0 Å². The first kappa shape index (κ1) is 24.8. The molecule has 1 heteroatoms. The molecule has 0 atom stereocenters. The van der Waals surface area contributed by atoms with Crippen molar-refractivity contribution in [1.29, 1.82) is 0 Å². The molecule has 0 bridgehead atoms. The molecule has 9 rings (SSSR count). The van der Waals surface area contributed by atoms with Gasteiger partial charge in [0.05, 0.1) is 11.2 Å². The van der Waals surface area contributed by atoms with Crippen LogP contribution in [0.2, 0.25) is 0 Å². The molecule has 0 aliphatic carbocycles. The predicted molar refractivity (Wildman–Crippen MR) is 188 cm³/mol. The highest BCUT2D eigenvalue weighted by Gasteiger charge is 2.18. The molecule has 0 amide bonds. The highest BCUT2D eigenvalue weighted by atomic mass is 14.7. The van der Waals surface area contributed by atoms with Gasteiger partial charge in [-0.3, -0.25) is 0 Å². The summed E-state index contributed by atoms with van der Waals surface area (Å²) in [5, 5.41) is 11.0. The molecule has 8 aromatic carbocycles. The molecule has 204 valence electrons. The van der Waals surface area contributed by atoms with Crippen LogP contribution in [-0.4, -0.2) is 4.98 Å². The molecule has 0 saturated carbocycles. The van der Waals surface area contributed by atoms with Crippen molar-refractivity contribution in [3.05, 3.63) is 164 Å². The van der Waals surface area contributed by atoms with Crippen LogP contribution in [0.5, 0.6) is 0 Å². The summed E-state index contributed by atoms with van der Waals surface area (Å²) in [6.07, 6.45) is 0. The van der Waals surface area contributed by atoms with Gasteiger partial charge in [0.1, 0.15) is 0 Å². The SMILES string of the molecule is c1ccc(-c2c3ccccc3c(-c3cccc4c(-c5ccc6ccc7ccccc7c6n5)cccc34)c3ccccc23)cc1. The van der Waals surface area contributed by atoms with Crippen LogP contribution in [0.1, 0.15) is 0 Å². The molecule has 0 fully saturated rings. The molecule has 0 spiro atoms. The minimum atomic E-state index is 0.991. The van der Waals surface area contributed by atoms with E-state index in [1.165, 1.54) is 65.3 Å². The maximum atomic E-state index is 5.27. The third-order valence-electron chi connectivity index (χ3n) is 9.05. The Morgan fingerprint density at radius 2 is 0.795 bits per heavy atom. The van der Waals surface area contributed by atoms with Gasteiger partial charge in [-0.1, -0.05) is 158 Å². The van der Waals surface area contributed by atoms with E-state index in [2.05, 4.69) is 164 Å². The first-order valence-corrected chi connectivity index (χ1v) is 15.1. The van der Waals surface area contributed by atoms with Crippen molar-refractivity contribution < 1.29 is 0 Å². The molecule has 1 nitrogen and oxygen atoms in total. The van der Waals surface area contributed by atoms with Crippen LogP contribution < -0.4 is 0 Å². The van der Waals surface area contributed by atoms with E-state index in [4.69, 9.17) is 4.98 Å². The summed E-state index contributed by atoms with van der Waals surface area (Å²) in [5.74, 6) is 0. The van der Waals surface area contributed by atoms with Crippen molar-refractivity contribution in [3.63, 3.8) is 0 Å². The summed E-state index contributed by atoms with van der Waals surface area (Å²) in [6, 6.07) is 59.1. The highest BCUT2D eigenvalue weighted by Crippen LogP contribution is 2.46. The Balaban J connectivity index is 1.34. The third-order valence-corrected chi connectivity index (χ3v) is 9.05. The number of hydrogen-bond donors (Lipinski definition) is 0. The Morgan fingerprint density at radius 3 is 1.50 bits per heavy atom. The fourth-order valence-corrected chi connectivity index (χ4v) is 7.09. The predicted octanol–water partition coefficient (Wildman–Crippen LogP) is 11.8. The first-order chi connectivity index (χ1) is 21.8. The quantitative estimate of drug-likeness (QED) is 0.155. The molecule has 0 aliphatic rings. The second-order valence-corrected chi connectivity index (χ2v) is 11.5. The van der Waals surface area contributed by atoms with Gasteiger partial charge in [-0.15, -0.1) is 0 Å².